The van der Waals surface area contributed by atoms with Gasteiger partial charge in [-0.3, -0.25) is 9.69 Å². The molecule has 0 fully saturated rings. The van der Waals surface area contributed by atoms with Crippen LogP contribution in [0.25, 0.3) is 0 Å². The number of para-hydroxylation sites is 2. The SMILES string of the molecule is CC1=C(C(=O)Nc2ccccc2)[C@@H](c2ccc(F)cc2)NC(=O)N1c1ccccc1. The quantitative estimate of drug-likeness (QED) is 0.646. The van der Waals surface area contributed by atoms with Gasteiger partial charge in [-0.2, -0.15) is 0 Å². The van der Waals surface area contributed by atoms with Crippen molar-refractivity contribution in [3.05, 3.63) is 108 Å². The molecule has 2 N–H and O–H groups in total. The standard InChI is InChI=1S/C24H20FN3O2/c1-16-21(23(29)26-19-8-4-2-5-9-19)22(17-12-14-18(25)15-13-17)27-24(30)28(16)20-10-6-3-7-11-20/h2-15,22H,1H3,(H,26,29)(H,27,30)/t22-/m1/s1. The number of nitrogens with one attached hydrogen (secondary N) is 2. The first-order chi connectivity index (χ1) is 14.5. The molecule has 0 aliphatic carbocycles. The van der Waals surface area contributed by atoms with Crippen molar-refractivity contribution < 1.29 is 14.0 Å². The number of anilines is 2. The van der Waals surface area contributed by atoms with Gasteiger partial charge in [0.2, 0.25) is 0 Å². The summed E-state index contributed by atoms with van der Waals surface area (Å²) in [7, 11) is 0. The lowest BCUT2D eigenvalue weighted by molar-refractivity contribution is -0.113. The van der Waals surface area contributed by atoms with Crippen LogP contribution in [0.2, 0.25) is 0 Å². The van der Waals surface area contributed by atoms with E-state index >= 15 is 0 Å². The van der Waals surface area contributed by atoms with Crippen molar-refractivity contribution in [2.24, 2.45) is 0 Å². The van der Waals surface area contributed by atoms with Crippen molar-refractivity contribution in [3.8, 4) is 0 Å². The van der Waals surface area contributed by atoms with E-state index in [1.54, 1.807) is 43.3 Å². The number of carbonyl (C=O) groups is 2. The van der Waals surface area contributed by atoms with E-state index in [1.807, 2.05) is 36.4 Å². The molecule has 3 aromatic rings. The number of rotatable bonds is 4. The van der Waals surface area contributed by atoms with E-state index in [-0.39, 0.29) is 17.8 Å². The zero-order valence-corrected chi connectivity index (χ0v) is 16.3. The first-order valence-corrected chi connectivity index (χ1v) is 9.53. The van der Waals surface area contributed by atoms with Gasteiger partial charge in [-0.1, -0.05) is 48.5 Å². The molecular weight excluding hydrogens is 381 g/mol. The second kappa shape index (κ2) is 8.21. The Labute approximate surface area is 173 Å². The normalized spacial score (nSPS) is 16.3. The van der Waals surface area contributed by atoms with Crippen molar-refractivity contribution in [2.75, 3.05) is 10.2 Å². The third-order valence-electron chi connectivity index (χ3n) is 4.98. The second-order valence-electron chi connectivity index (χ2n) is 6.92. The van der Waals surface area contributed by atoms with Crippen LogP contribution in [-0.2, 0) is 4.79 Å². The van der Waals surface area contributed by atoms with Crippen molar-refractivity contribution in [1.82, 2.24) is 5.32 Å². The number of urea groups is 1. The van der Waals surface area contributed by atoms with E-state index in [1.165, 1.54) is 17.0 Å². The van der Waals surface area contributed by atoms with E-state index in [4.69, 9.17) is 0 Å². The number of hydrogen-bond acceptors (Lipinski definition) is 2. The largest absolute Gasteiger partial charge is 0.326 e. The highest BCUT2D eigenvalue weighted by atomic mass is 19.1. The summed E-state index contributed by atoms with van der Waals surface area (Å²) in [6, 6.07) is 22.9. The smallest absolute Gasteiger partial charge is 0.326 e. The van der Waals surface area contributed by atoms with E-state index < -0.39 is 6.04 Å². The predicted octanol–water partition coefficient (Wildman–Crippen LogP) is 5.01. The number of hydrogen-bond donors (Lipinski definition) is 2. The molecule has 0 saturated heterocycles. The van der Waals surface area contributed by atoms with Crippen LogP contribution in [0.1, 0.15) is 18.5 Å². The van der Waals surface area contributed by atoms with Gasteiger partial charge in [-0.05, 0) is 48.9 Å². The maximum Gasteiger partial charge on any atom is 0.326 e. The van der Waals surface area contributed by atoms with Gasteiger partial charge in [-0.25, -0.2) is 9.18 Å². The highest BCUT2D eigenvalue weighted by molar-refractivity contribution is 6.09. The minimum atomic E-state index is -0.707. The number of carbonyl (C=O) groups excluding carboxylic acids is 2. The fraction of sp³-hybridized carbons (Fsp3) is 0.0833. The molecule has 3 aromatic carbocycles. The molecule has 30 heavy (non-hydrogen) atoms. The first-order valence-electron chi connectivity index (χ1n) is 9.53. The Morgan fingerprint density at radius 2 is 1.53 bits per heavy atom. The Balaban J connectivity index is 1.80. The van der Waals surface area contributed by atoms with E-state index in [0.29, 0.717) is 28.2 Å². The maximum absolute atomic E-state index is 13.4. The number of halogens is 1. The van der Waals surface area contributed by atoms with Crippen molar-refractivity contribution in [3.63, 3.8) is 0 Å². The molecule has 6 heteroatoms. The molecule has 0 unspecified atom stereocenters. The number of amides is 3. The Kier molecular flexibility index (Phi) is 5.30. The molecule has 5 nitrogen and oxygen atoms in total. The van der Waals surface area contributed by atoms with E-state index in [2.05, 4.69) is 10.6 Å². The molecule has 150 valence electrons. The molecule has 0 spiro atoms. The summed E-state index contributed by atoms with van der Waals surface area (Å²) in [5.74, 6) is -0.725. The number of allylic oxidation sites excluding steroid dienone is 1. The van der Waals surface area contributed by atoms with Crippen LogP contribution in [-0.4, -0.2) is 11.9 Å². The average molecular weight is 401 g/mol. The van der Waals surface area contributed by atoms with Crippen LogP contribution in [0.4, 0.5) is 20.6 Å². The zero-order valence-electron chi connectivity index (χ0n) is 16.3. The summed E-state index contributed by atoms with van der Waals surface area (Å²) in [4.78, 5) is 27.7. The van der Waals surface area contributed by atoms with Crippen LogP contribution in [0.15, 0.2) is 96.2 Å². The molecule has 1 aliphatic heterocycles. The van der Waals surface area contributed by atoms with Gasteiger partial charge in [0.1, 0.15) is 5.82 Å². The van der Waals surface area contributed by atoms with Gasteiger partial charge >= 0.3 is 6.03 Å². The van der Waals surface area contributed by atoms with Gasteiger partial charge in [0.15, 0.2) is 0 Å². The van der Waals surface area contributed by atoms with E-state index in [0.717, 1.165) is 0 Å². The average Bonchev–Trinajstić information content (AvgIpc) is 2.75. The van der Waals surface area contributed by atoms with Crippen LogP contribution in [0, 0.1) is 5.82 Å². The Morgan fingerprint density at radius 3 is 2.17 bits per heavy atom. The predicted molar refractivity (Wildman–Crippen MR) is 114 cm³/mol. The van der Waals surface area contributed by atoms with Crippen LogP contribution >= 0.6 is 0 Å². The molecule has 0 aromatic heterocycles. The fourth-order valence-corrected chi connectivity index (χ4v) is 3.55. The summed E-state index contributed by atoms with van der Waals surface area (Å²) < 4.78 is 13.4. The molecule has 0 bridgehead atoms. The van der Waals surface area contributed by atoms with Crippen molar-refractivity contribution in [2.45, 2.75) is 13.0 Å². The summed E-state index contributed by atoms with van der Waals surface area (Å²) in [6.07, 6.45) is 0. The van der Waals surface area contributed by atoms with Gasteiger partial charge in [-0.15, -0.1) is 0 Å². The molecule has 4 rings (SSSR count). The summed E-state index contributed by atoms with van der Waals surface area (Å²) in [6.45, 7) is 1.74. The highest BCUT2D eigenvalue weighted by Crippen LogP contribution is 2.34. The number of benzene rings is 3. The Bertz CT molecular complexity index is 1100. The van der Waals surface area contributed by atoms with E-state index in [9.17, 15) is 14.0 Å². The van der Waals surface area contributed by atoms with Crippen LogP contribution in [0.3, 0.4) is 0 Å². The third-order valence-corrected chi connectivity index (χ3v) is 4.98. The summed E-state index contributed by atoms with van der Waals surface area (Å²) in [5.41, 5.74) is 2.80. The van der Waals surface area contributed by atoms with Gasteiger partial charge in [0.25, 0.3) is 5.91 Å². The summed E-state index contributed by atoms with van der Waals surface area (Å²) >= 11 is 0. The van der Waals surface area contributed by atoms with Crippen molar-refractivity contribution in [1.29, 1.82) is 0 Å². The maximum atomic E-state index is 13.4. The van der Waals surface area contributed by atoms with Gasteiger partial charge in [0, 0.05) is 11.4 Å². The molecule has 0 saturated carbocycles. The summed E-state index contributed by atoms with van der Waals surface area (Å²) in [5, 5.41) is 5.78. The fourth-order valence-electron chi connectivity index (χ4n) is 3.55. The van der Waals surface area contributed by atoms with Crippen LogP contribution in [0.5, 0.6) is 0 Å². The minimum Gasteiger partial charge on any atom is -0.326 e. The molecule has 3 amide bonds. The lowest BCUT2D eigenvalue weighted by atomic mass is 9.94. The second-order valence-corrected chi connectivity index (χ2v) is 6.92. The third kappa shape index (κ3) is 3.80. The van der Waals surface area contributed by atoms with Gasteiger partial charge in [0.05, 0.1) is 17.3 Å². The highest BCUT2D eigenvalue weighted by Gasteiger charge is 2.36. The topological polar surface area (TPSA) is 61.4 Å². The van der Waals surface area contributed by atoms with Crippen LogP contribution < -0.4 is 15.5 Å². The van der Waals surface area contributed by atoms with Crippen molar-refractivity contribution >= 4 is 23.3 Å². The molecule has 1 heterocycles. The first kappa shape index (κ1) is 19.4. The molecule has 1 atom stereocenters. The Morgan fingerprint density at radius 1 is 0.933 bits per heavy atom. The zero-order chi connectivity index (χ0) is 21.1. The minimum absolute atomic E-state index is 0.339. The molecule has 1 aliphatic rings. The Hall–Kier alpha value is -3.93. The monoisotopic (exact) mass is 401 g/mol. The number of nitrogens with zero attached hydrogens (tertiary/aromatic N) is 1. The molecule has 0 radical (unpaired) electrons. The lowest BCUT2D eigenvalue weighted by Crippen LogP contribution is -2.48. The van der Waals surface area contributed by atoms with Gasteiger partial charge < -0.3 is 10.6 Å². The lowest BCUT2D eigenvalue weighted by Gasteiger charge is -2.35. The molecular formula is C24H20FN3O2.